The van der Waals surface area contributed by atoms with Gasteiger partial charge in [-0.15, -0.1) is 0 Å². The van der Waals surface area contributed by atoms with E-state index in [1.807, 2.05) is 23.1 Å². The second-order valence-electron chi connectivity index (χ2n) is 5.99. The zero-order chi connectivity index (χ0) is 15.8. The fourth-order valence-corrected chi connectivity index (χ4v) is 3.24. The minimum absolute atomic E-state index is 0.0911. The van der Waals surface area contributed by atoms with Crippen molar-refractivity contribution in [2.75, 3.05) is 5.73 Å². The highest BCUT2D eigenvalue weighted by molar-refractivity contribution is 5.92. The molecule has 0 radical (unpaired) electrons. The number of hydrogen-bond donors (Lipinski definition) is 2. The largest absolute Gasteiger partial charge is 0.382 e. The van der Waals surface area contributed by atoms with Gasteiger partial charge in [-0.3, -0.25) is 4.68 Å². The van der Waals surface area contributed by atoms with Gasteiger partial charge in [-0.25, -0.2) is 9.97 Å². The monoisotopic (exact) mass is 307 g/mol. The molecule has 1 saturated carbocycles. The summed E-state index contributed by atoms with van der Waals surface area (Å²) in [5, 5.41) is 14.5. The summed E-state index contributed by atoms with van der Waals surface area (Å²) < 4.78 is 1.86. The van der Waals surface area contributed by atoms with Crippen molar-refractivity contribution in [1.82, 2.24) is 24.7 Å². The van der Waals surface area contributed by atoms with E-state index >= 15 is 0 Å². The molecule has 3 heterocycles. The van der Waals surface area contributed by atoms with E-state index in [-0.39, 0.29) is 6.04 Å². The van der Waals surface area contributed by atoms with Gasteiger partial charge < -0.3 is 10.7 Å². The number of aromatic amines is 1. The lowest BCUT2D eigenvalue weighted by atomic mass is 9.79. The molecule has 0 aromatic carbocycles. The van der Waals surface area contributed by atoms with E-state index in [2.05, 4.69) is 26.1 Å². The van der Waals surface area contributed by atoms with Crippen molar-refractivity contribution < 1.29 is 0 Å². The van der Waals surface area contributed by atoms with Crippen LogP contribution in [0.4, 0.5) is 5.82 Å². The third-order valence-electron chi connectivity index (χ3n) is 4.70. The Morgan fingerprint density at radius 1 is 1.43 bits per heavy atom. The molecular formula is C16H17N7. The van der Waals surface area contributed by atoms with Gasteiger partial charge in [0.05, 0.1) is 29.8 Å². The van der Waals surface area contributed by atoms with Crippen LogP contribution in [0.15, 0.2) is 24.8 Å². The molecule has 3 N–H and O–H groups in total. The van der Waals surface area contributed by atoms with Crippen LogP contribution in [0.3, 0.4) is 0 Å². The number of rotatable bonds is 4. The molecule has 0 saturated heterocycles. The number of fused-ring (bicyclic) bond motifs is 1. The van der Waals surface area contributed by atoms with Crippen molar-refractivity contribution in [3.63, 3.8) is 0 Å². The summed E-state index contributed by atoms with van der Waals surface area (Å²) in [7, 11) is 0. The van der Waals surface area contributed by atoms with E-state index in [1.165, 1.54) is 12.7 Å². The molecule has 1 aliphatic rings. The lowest BCUT2D eigenvalue weighted by Gasteiger charge is -2.32. The molecule has 0 amide bonds. The third-order valence-corrected chi connectivity index (χ3v) is 4.70. The molecule has 0 aliphatic heterocycles. The molecule has 3 aromatic heterocycles. The maximum absolute atomic E-state index is 9.13. The van der Waals surface area contributed by atoms with Gasteiger partial charge in [0.2, 0.25) is 0 Å². The summed E-state index contributed by atoms with van der Waals surface area (Å²) in [6.45, 7) is 0. The van der Waals surface area contributed by atoms with E-state index < -0.39 is 0 Å². The minimum atomic E-state index is 0.0911. The predicted molar refractivity (Wildman–Crippen MR) is 86.1 cm³/mol. The number of nitriles is 1. The zero-order valence-corrected chi connectivity index (χ0v) is 12.6. The first-order chi connectivity index (χ1) is 11.3. The Bertz CT molecular complexity index is 881. The van der Waals surface area contributed by atoms with Crippen molar-refractivity contribution >= 4 is 16.9 Å². The van der Waals surface area contributed by atoms with Crippen molar-refractivity contribution in [2.45, 2.75) is 31.7 Å². The van der Waals surface area contributed by atoms with E-state index in [0.717, 1.165) is 35.1 Å². The number of hydrogen-bond acceptors (Lipinski definition) is 5. The molecule has 4 rings (SSSR count). The predicted octanol–water partition coefficient (Wildman–Crippen LogP) is 2.66. The van der Waals surface area contributed by atoms with E-state index in [1.54, 1.807) is 0 Å². The number of nitrogens with zero attached hydrogens (tertiary/aromatic N) is 5. The highest BCUT2D eigenvalue weighted by Gasteiger charge is 2.30. The quantitative estimate of drug-likeness (QED) is 0.770. The molecule has 1 fully saturated rings. The number of aromatic nitrogens is 5. The zero-order valence-electron chi connectivity index (χ0n) is 12.6. The van der Waals surface area contributed by atoms with Crippen LogP contribution >= 0.6 is 0 Å². The SMILES string of the molecule is N#CC[C@H](C1CCC1)n1cc(-c2ncnc3[nH]ccc23)c(N)n1. The average molecular weight is 307 g/mol. The number of H-pyrrole nitrogens is 1. The highest BCUT2D eigenvalue weighted by Crippen LogP contribution is 2.39. The number of nitrogens with two attached hydrogens (primary N) is 1. The first kappa shape index (κ1) is 13.8. The van der Waals surface area contributed by atoms with Crippen molar-refractivity contribution in [3.8, 4) is 17.3 Å². The molecule has 0 bridgehead atoms. The van der Waals surface area contributed by atoms with Crippen LogP contribution in [-0.4, -0.2) is 24.7 Å². The first-order valence-electron chi connectivity index (χ1n) is 7.78. The maximum atomic E-state index is 9.13. The Morgan fingerprint density at radius 3 is 3.04 bits per heavy atom. The third kappa shape index (κ3) is 2.23. The summed E-state index contributed by atoms with van der Waals surface area (Å²) in [5.41, 5.74) is 8.47. The second kappa shape index (κ2) is 5.39. The highest BCUT2D eigenvalue weighted by atomic mass is 15.3. The van der Waals surface area contributed by atoms with Crippen molar-refractivity contribution in [2.24, 2.45) is 5.92 Å². The summed E-state index contributed by atoms with van der Waals surface area (Å²) >= 11 is 0. The van der Waals surface area contributed by atoms with Crippen LogP contribution in [0.25, 0.3) is 22.3 Å². The molecule has 116 valence electrons. The molecular weight excluding hydrogens is 290 g/mol. The van der Waals surface area contributed by atoms with Gasteiger partial charge >= 0.3 is 0 Å². The number of anilines is 1. The van der Waals surface area contributed by atoms with Gasteiger partial charge in [0.1, 0.15) is 12.0 Å². The van der Waals surface area contributed by atoms with Crippen LogP contribution in [0.1, 0.15) is 31.7 Å². The Hall–Kier alpha value is -2.88. The molecule has 0 unspecified atom stereocenters. The van der Waals surface area contributed by atoms with Crippen LogP contribution in [0.2, 0.25) is 0 Å². The maximum Gasteiger partial charge on any atom is 0.154 e. The lowest BCUT2D eigenvalue weighted by molar-refractivity contribution is 0.199. The Balaban J connectivity index is 1.77. The van der Waals surface area contributed by atoms with Crippen molar-refractivity contribution in [1.29, 1.82) is 5.26 Å². The number of nitrogens with one attached hydrogen (secondary N) is 1. The molecule has 1 atom stereocenters. The normalized spacial score (nSPS) is 16.1. The topological polar surface area (TPSA) is 109 Å². The first-order valence-corrected chi connectivity index (χ1v) is 7.78. The van der Waals surface area contributed by atoms with E-state index in [0.29, 0.717) is 18.2 Å². The second-order valence-corrected chi connectivity index (χ2v) is 5.99. The Labute approximate surface area is 133 Å². The van der Waals surface area contributed by atoms with Crippen molar-refractivity contribution in [3.05, 3.63) is 24.8 Å². The van der Waals surface area contributed by atoms with E-state index in [4.69, 9.17) is 11.0 Å². The Morgan fingerprint density at radius 2 is 2.30 bits per heavy atom. The fourth-order valence-electron chi connectivity index (χ4n) is 3.24. The summed E-state index contributed by atoms with van der Waals surface area (Å²) in [6, 6.07) is 4.30. The summed E-state index contributed by atoms with van der Waals surface area (Å²) in [6.07, 6.45) is 9.25. The summed E-state index contributed by atoms with van der Waals surface area (Å²) in [5.74, 6) is 0.952. The van der Waals surface area contributed by atoms with Gasteiger partial charge in [0.15, 0.2) is 5.82 Å². The van der Waals surface area contributed by atoms with Crippen LogP contribution in [0.5, 0.6) is 0 Å². The standard InChI is InChI=1S/C16H17N7/c17-6-4-13(10-2-1-3-10)23-8-12(15(18)22-23)14-11-5-7-19-16(11)21-9-20-14/h5,7-10,13H,1-4H2,(H2,18,22)(H,19,20,21)/t13-/m1/s1. The molecule has 23 heavy (non-hydrogen) atoms. The van der Waals surface area contributed by atoms with Gasteiger partial charge in [0, 0.05) is 17.8 Å². The van der Waals surface area contributed by atoms with Gasteiger partial charge in [-0.1, -0.05) is 6.42 Å². The molecule has 7 nitrogen and oxygen atoms in total. The summed E-state index contributed by atoms with van der Waals surface area (Å²) in [4.78, 5) is 11.7. The number of nitrogen functional groups attached to an aromatic ring is 1. The molecule has 7 heteroatoms. The molecule has 1 aliphatic carbocycles. The van der Waals surface area contributed by atoms with Crippen LogP contribution in [-0.2, 0) is 0 Å². The van der Waals surface area contributed by atoms with Gasteiger partial charge in [0.25, 0.3) is 0 Å². The van der Waals surface area contributed by atoms with E-state index in [9.17, 15) is 0 Å². The average Bonchev–Trinajstić information content (AvgIpc) is 3.11. The molecule has 0 spiro atoms. The molecule has 3 aromatic rings. The minimum Gasteiger partial charge on any atom is -0.382 e. The van der Waals surface area contributed by atoms with Crippen LogP contribution < -0.4 is 5.73 Å². The smallest absolute Gasteiger partial charge is 0.154 e. The fraction of sp³-hybridized carbons (Fsp3) is 0.375. The van der Waals surface area contributed by atoms with Gasteiger partial charge in [-0.05, 0) is 24.8 Å². The van der Waals surface area contributed by atoms with Crippen LogP contribution in [0, 0.1) is 17.2 Å². The van der Waals surface area contributed by atoms with Gasteiger partial charge in [-0.2, -0.15) is 10.4 Å². The Kier molecular flexibility index (Phi) is 3.23. The lowest BCUT2D eigenvalue weighted by Crippen LogP contribution is -2.25.